The molecular weight excluding hydrogens is 491 g/mol. The number of amides is 1. The highest BCUT2D eigenvalue weighted by molar-refractivity contribution is 6.31. The summed E-state index contributed by atoms with van der Waals surface area (Å²) >= 11 is 12.4. The molecule has 0 aliphatic carbocycles. The number of rotatable bonds is 6. The van der Waals surface area contributed by atoms with Crippen LogP contribution >= 0.6 is 23.2 Å². The topological polar surface area (TPSA) is 57.3 Å². The van der Waals surface area contributed by atoms with Gasteiger partial charge in [0.15, 0.2) is 0 Å². The van der Waals surface area contributed by atoms with Gasteiger partial charge >= 0.3 is 0 Å². The molecule has 2 heterocycles. The van der Waals surface area contributed by atoms with Crippen molar-refractivity contribution in [1.82, 2.24) is 10.3 Å². The zero-order valence-corrected chi connectivity index (χ0v) is 21.4. The number of aromatic nitrogens is 1. The van der Waals surface area contributed by atoms with Crippen molar-refractivity contribution in [1.29, 1.82) is 0 Å². The van der Waals surface area contributed by atoms with E-state index in [-0.39, 0.29) is 5.91 Å². The summed E-state index contributed by atoms with van der Waals surface area (Å²) in [7, 11) is 0. The number of hydrogen-bond donors (Lipinski definition) is 2. The SMILES string of the molecule is Cc1ccc(Cl)cc1CN1CCNc2ncc(-c3ccc(C(=O)NCc4ccccc4Cl)cc3)cc21. The Bertz CT molecular complexity index is 1410. The third-order valence-corrected chi connectivity index (χ3v) is 7.04. The van der Waals surface area contributed by atoms with Gasteiger partial charge in [-0.2, -0.15) is 0 Å². The molecule has 1 amide bonds. The standard InChI is InChI=1S/C29H26Cl2N4O/c1-19-6-11-25(30)14-24(19)18-35-13-12-32-28-27(35)15-23(17-33-28)20-7-9-21(10-8-20)29(36)34-16-22-4-2-3-5-26(22)31/h2-11,14-15,17H,12-13,16,18H2,1H3,(H,32,33)(H,34,36). The summed E-state index contributed by atoms with van der Waals surface area (Å²) in [5, 5.41) is 7.72. The number of carbonyl (C=O) groups excluding carboxylic acids is 1. The third kappa shape index (κ3) is 5.32. The Balaban J connectivity index is 1.32. The molecule has 0 spiro atoms. The molecule has 3 aromatic carbocycles. The van der Waals surface area contributed by atoms with Gasteiger partial charge in [-0.25, -0.2) is 4.98 Å². The van der Waals surface area contributed by atoms with Crippen LogP contribution in [0, 0.1) is 6.92 Å². The molecule has 0 atom stereocenters. The van der Waals surface area contributed by atoms with Crippen LogP contribution in [0.4, 0.5) is 11.5 Å². The first kappa shape index (κ1) is 24.2. The van der Waals surface area contributed by atoms with E-state index in [1.807, 2.05) is 66.9 Å². The van der Waals surface area contributed by atoms with E-state index in [1.54, 1.807) is 0 Å². The van der Waals surface area contributed by atoms with E-state index in [4.69, 9.17) is 23.2 Å². The minimum atomic E-state index is -0.141. The van der Waals surface area contributed by atoms with Gasteiger partial charge < -0.3 is 15.5 Å². The molecular formula is C29H26Cl2N4O. The lowest BCUT2D eigenvalue weighted by molar-refractivity contribution is 0.0951. The molecule has 1 aliphatic heterocycles. The Morgan fingerprint density at radius 2 is 1.81 bits per heavy atom. The number of fused-ring (bicyclic) bond motifs is 1. The highest BCUT2D eigenvalue weighted by Crippen LogP contribution is 2.33. The number of pyridine rings is 1. The zero-order valence-electron chi connectivity index (χ0n) is 19.9. The van der Waals surface area contributed by atoms with Gasteiger partial charge in [-0.1, -0.05) is 59.6 Å². The van der Waals surface area contributed by atoms with Gasteiger partial charge in [-0.05, 0) is 65.6 Å². The van der Waals surface area contributed by atoms with Gasteiger partial charge in [0.05, 0.1) is 5.69 Å². The predicted octanol–water partition coefficient (Wildman–Crippen LogP) is 6.73. The van der Waals surface area contributed by atoms with Crippen molar-refractivity contribution in [3.05, 3.63) is 111 Å². The van der Waals surface area contributed by atoms with Crippen molar-refractivity contribution in [2.45, 2.75) is 20.0 Å². The minimum Gasteiger partial charge on any atom is -0.367 e. The molecule has 4 aromatic rings. The van der Waals surface area contributed by atoms with Crippen LogP contribution in [-0.2, 0) is 13.1 Å². The second-order valence-corrected chi connectivity index (χ2v) is 9.71. The average molecular weight is 517 g/mol. The normalized spacial score (nSPS) is 12.6. The van der Waals surface area contributed by atoms with E-state index >= 15 is 0 Å². The number of carbonyl (C=O) groups is 1. The summed E-state index contributed by atoms with van der Waals surface area (Å²) in [6.07, 6.45) is 1.87. The van der Waals surface area contributed by atoms with Crippen molar-refractivity contribution in [2.24, 2.45) is 0 Å². The Hall–Kier alpha value is -3.54. The maximum absolute atomic E-state index is 12.6. The van der Waals surface area contributed by atoms with Crippen molar-refractivity contribution in [2.75, 3.05) is 23.3 Å². The van der Waals surface area contributed by atoms with E-state index in [9.17, 15) is 4.79 Å². The lowest BCUT2D eigenvalue weighted by Gasteiger charge is -2.32. The molecule has 1 aliphatic rings. The Kier molecular flexibility index (Phi) is 7.12. The fourth-order valence-electron chi connectivity index (χ4n) is 4.33. The van der Waals surface area contributed by atoms with Gasteiger partial charge in [0.1, 0.15) is 5.82 Å². The molecule has 7 heteroatoms. The van der Waals surface area contributed by atoms with Crippen LogP contribution < -0.4 is 15.5 Å². The molecule has 182 valence electrons. The quantitative estimate of drug-likeness (QED) is 0.298. The van der Waals surface area contributed by atoms with Crippen LogP contribution in [-0.4, -0.2) is 24.0 Å². The number of aryl methyl sites for hydroxylation is 1. The van der Waals surface area contributed by atoms with Gasteiger partial charge in [0.2, 0.25) is 0 Å². The monoisotopic (exact) mass is 516 g/mol. The van der Waals surface area contributed by atoms with E-state index in [0.29, 0.717) is 17.1 Å². The van der Waals surface area contributed by atoms with Crippen LogP contribution in [0.5, 0.6) is 0 Å². The maximum atomic E-state index is 12.6. The molecule has 2 N–H and O–H groups in total. The van der Waals surface area contributed by atoms with E-state index in [2.05, 4.69) is 39.6 Å². The third-order valence-electron chi connectivity index (χ3n) is 6.43. The summed E-state index contributed by atoms with van der Waals surface area (Å²) in [5.41, 5.74) is 6.94. The summed E-state index contributed by atoms with van der Waals surface area (Å²) < 4.78 is 0. The summed E-state index contributed by atoms with van der Waals surface area (Å²) in [4.78, 5) is 19.7. The Labute approximate surface area is 221 Å². The molecule has 0 fully saturated rings. The van der Waals surface area contributed by atoms with Crippen LogP contribution in [0.3, 0.4) is 0 Å². The maximum Gasteiger partial charge on any atom is 0.251 e. The number of nitrogens with one attached hydrogen (secondary N) is 2. The van der Waals surface area contributed by atoms with E-state index in [0.717, 1.165) is 52.9 Å². The van der Waals surface area contributed by atoms with Crippen molar-refractivity contribution in [3.8, 4) is 11.1 Å². The van der Waals surface area contributed by atoms with Gasteiger partial charge in [-0.3, -0.25) is 4.79 Å². The molecule has 0 bridgehead atoms. The molecule has 0 saturated carbocycles. The Morgan fingerprint density at radius 3 is 2.61 bits per heavy atom. The van der Waals surface area contributed by atoms with Gasteiger partial charge in [-0.15, -0.1) is 0 Å². The lowest BCUT2D eigenvalue weighted by Crippen LogP contribution is -2.34. The number of halogens is 2. The van der Waals surface area contributed by atoms with Crippen LogP contribution in [0.2, 0.25) is 10.0 Å². The molecule has 0 radical (unpaired) electrons. The predicted molar refractivity (Wildman–Crippen MR) is 148 cm³/mol. The number of anilines is 2. The Morgan fingerprint density at radius 1 is 1.00 bits per heavy atom. The molecule has 1 aromatic heterocycles. The van der Waals surface area contributed by atoms with Gasteiger partial charge in [0.25, 0.3) is 5.91 Å². The largest absolute Gasteiger partial charge is 0.367 e. The van der Waals surface area contributed by atoms with Crippen LogP contribution in [0.1, 0.15) is 27.0 Å². The minimum absolute atomic E-state index is 0.141. The van der Waals surface area contributed by atoms with Crippen LogP contribution in [0.25, 0.3) is 11.1 Å². The zero-order chi connectivity index (χ0) is 25.1. The molecule has 5 nitrogen and oxygen atoms in total. The molecule has 5 rings (SSSR count). The number of hydrogen-bond acceptors (Lipinski definition) is 4. The number of nitrogens with zero attached hydrogens (tertiary/aromatic N) is 2. The summed E-state index contributed by atoms with van der Waals surface area (Å²) in [6.45, 7) is 4.95. The summed E-state index contributed by atoms with van der Waals surface area (Å²) in [5.74, 6) is 0.734. The highest BCUT2D eigenvalue weighted by atomic mass is 35.5. The lowest BCUT2D eigenvalue weighted by atomic mass is 10.0. The first-order valence-electron chi connectivity index (χ1n) is 11.8. The smallest absolute Gasteiger partial charge is 0.251 e. The molecule has 0 saturated heterocycles. The van der Waals surface area contributed by atoms with E-state index in [1.165, 1.54) is 11.1 Å². The molecule has 36 heavy (non-hydrogen) atoms. The van der Waals surface area contributed by atoms with Crippen molar-refractivity contribution >= 4 is 40.6 Å². The number of benzene rings is 3. The molecule has 0 unspecified atom stereocenters. The van der Waals surface area contributed by atoms with E-state index < -0.39 is 0 Å². The first-order valence-corrected chi connectivity index (χ1v) is 12.6. The highest BCUT2D eigenvalue weighted by Gasteiger charge is 2.20. The fourth-order valence-corrected chi connectivity index (χ4v) is 4.73. The van der Waals surface area contributed by atoms with Crippen molar-refractivity contribution < 1.29 is 4.79 Å². The summed E-state index contributed by atoms with van der Waals surface area (Å²) in [6, 6.07) is 23.2. The first-order chi connectivity index (χ1) is 17.5. The van der Waals surface area contributed by atoms with Crippen LogP contribution in [0.15, 0.2) is 79.0 Å². The average Bonchev–Trinajstić information content (AvgIpc) is 2.90. The second-order valence-electron chi connectivity index (χ2n) is 8.86. The second kappa shape index (κ2) is 10.6. The van der Waals surface area contributed by atoms with Gasteiger partial charge in [0, 0.05) is 53.5 Å². The fraction of sp³-hybridized carbons (Fsp3) is 0.172. The van der Waals surface area contributed by atoms with Crippen molar-refractivity contribution in [3.63, 3.8) is 0 Å².